The van der Waals surface area contributed by atoms with Crippen molar-refractivity contribution >= 4 is 5.91 Å². The van der Waals surface area contributed by atoms with E-state index in [9.17, 15) is 9.90 Å². The van der Waals surface area contributed by atoms with E-state index in [-0.39, 0.29) is 18.4 Å². The van der Waals surface area contributed by atoms with Crippen LogP contribution < -0.4 is 0 Å². The number of carbonyl (C=O) groups is 1. The summed E-state index contributed by atoms with van der Waals surface area (Å²) in [5.74, 6) is 1.89. The average Bonchev–Trinajstić information content (AvgIpc) is 2.88. The lowest BCUT2D eigenvalue weighted by Crippen LogP contribution is -2.50. The number of fused-ring (bicyclic) bond motifs is 2. The smallest absolute Gasteiger partial charge is 0.226 e. The van der Waals surface area contributed by atoms with Gasteiger partial charge in [-0.2, -0.15) is 0 Å². The summed E-state index contributed by atoms with van der Waals surface area (Å²) in [4.78, 5) is 14.1. The van der Waals surface area contributed by atoms with E-state index in [4.69, 9.17) is 0 Å². The van der Waals surface area contributed by atoms with Crippen LogP contribution in [-0.2, 0) is 4.79 Å². The Morgan fingerprint density at radius 3 is 2.50 bits per heavy atom. The lowest BCUT2D eigenvalue weighted by molar-refractivity contribution is -0.142. The van der Waals surface area contributed by atoms with Crippen LogP contribution in [0.15, 0.2) is 0 Å². The quantitative estimate of drug-likeness (QED) is 0.793. The summed E-state index contributed by atoms with van der Waals surface area (Å²) < 4.78 is 0. The highest BCUT2D eigenvalue weighted by atomic mass is 16.3. The van der Waals surface area contributed by atoms with Crippen molar-refractivity contribution in [3.63, 3.8) is 0 Å². The number of hydrogen-bond donors (Lipinski definition) is 1. The molecule has 0 aromatic carbocycles. The van der Waals surface area contributed by atoms with Crippen LogP contribution in [0.4, 0.5) is 0 Å². The molecule has 2 aliphatic rings. The van der Waals surface area contributed by atoms with E-state index in [1.165, 1.54) is 19.3 Å². The first-order chi connectivity index (χ1) is 7.45. The van der Waals surface area contributed by atoms with Crippen molar-refractivity contribution in [3.05, 3.63) is 0 Å². The van der Waals surface area contributed by atoms with Gasteiger partial charge in [-0.1, -0.05) is 6.42 Å². The number of rotatable bonds is 3. The second-order valence-electron chi connectivity index (χ2n) is 6.15. The van der Waals surface area contributed by atoms with E-state index in [2.05, 4.69) is 0 Å². The van der Waals surface area contributed by atoms with Crippen LogP contribution in [0.1, 0.15) is 39.5 Å². The molecule has 16 heavy (non-hydrogen) atoms. The highest BCUT2D eigenvalue weighted by Crippen LogP contribution is 2.49. The lowest BCUT2D eigenvalue weighted by Gasteiger charge is -2.37. The Kier molecular flexibility index (Phi) is 2.99. The summed E-state index contributed by atoms with van der Waals surface area (Å²) in [6, 6.07) is 0. The second kappa shape index (κ2) is 4.02. The Morgan fingerprint density at radius 2 is 2.06 bits per heavy atom. The van der Waals surface area contributed by atoms with Gasteiger partial charge in [0.05, 0.1) is 12.1 Å². The van der Waals surface area contributed by atoms with Crippen LogP contribution in [0.3, 0.4) is 0 Å². The Balaban J connectivity index is 2.03. The zero-order chi connectivity index (χ0) is 11.9. The molecule has 0 radical (unpaired) electrons. The zero-order valence-electron chi connectivity index (χ0n) is 10.6. The van der Waals surface area contributed by atoms with E-state index in [1.54, 1.807) is 4.90 Å². The van der Waals surface area contributed by atoms with Gasteiger partial charge in [-0.05, 0) is 44.9 Å². The second-order valence-corrected chi connectivity index (χ2v) is 6.15. The molecule has 2 fully saturated rings. The summed E-state index contributed by atoms with van der Waals surface area (Å²) in [5.41, 5.74) is -0.432. The van der Waals surface area contributed by atoms with E-state index < -0.39 is 5.54 Å². The van der Waals surface area contributed by atoms with Crippen LogP contribution in [0.5, 0.6) is 0 Å². The topological polar surface area (TPSA) is 40.5 Å². The van der Waals surface area contributed by atoms with Gasteiger partial charge in [-0.3, -0.25) is 4.79 Å². The normalized spacial score (nSPS) is 33.1. The van der Waals surface area contributed by atoms with Gasteiger partial charge in [-0.25, -0.2) is 0 Å². The standard InChI is InChI=1S/C13H23NO2/c1-13(2,8-15)14(3)12(16)11-7-9-4-5-10(11)6-9/h9-11,15H,4-8H2,1-3H3. The van der Waals surface area contributed by atoms with Crippen molar-refractivity contribution in [2.75, 3.05) is 13.7 Å². The molecule has 3 unspecified atom stereocenters. The third kappa shape index (κ3) is 1.86. The monoisotopic (exact) mass is 225 g/mol. The molecule has 2 rings (SSSR count). The number of amides is 1. The van der Waals surface area contributed by atoms with Crippen molar-refractivity contribution in [2.24, 2.45) is 17.8 Å². The van der Waals surface area contributed by atoms with E-state index >= 15 is 0 Å². The number of hydrogen-bond acceptors (Lipinski definition) is 2. The molecule has 3 nitrogen and oxygen atoms in total. The summed E-state index contributed by atoms with van der Waals surface area (Å²) in [6.07, 6.45) is 4.88. The first-order valence-corrected chi connectivity index (χ1v) is 6.34. The molecule has 1 amide bonds. The van der Waals surface area contributed by atoms with E-state index in [1.807, 2.05) is 20.9 Å². The average molecular weight is 225 g/mol. The number of likely N-dealkylation sites (N-methyl/N-ethyl adjacent to an activating group) is 1. The Bertz CT molecular complexity index is 284. The fourth-order valence-corrected chi connectivity index (χ4v) is 3.20. The largest absolute Gasteiger partial charge is 0.394 e. The number of aliphatic hydroxyl groups is 1. The summed E-state index contributed by atoms with van der Waals surface area (Å²) in [6.45, 7) is 3.85. The van der Waals surface area contributed by atoms with E-state index in [0.717, 1.165) is 12.3 Å². The maximum absolute atomic E-state index is 12.4. The molecular weight excluding hydrogens is 202 g/mol. The minimum absolute atomic E-state index is 0.0239. The predicted octanol–water partition coefficient (Wildman–Crippen LogP) is 1.65. The SMILES string of the molecule is CN(C(=O)C1CC2CCC1C2)C(C)(C)CO. The Morgan fingerprint density at radius 1 is 1.38 bits per heavy atom. The third-order valence-corrected chi connectivity index (χ3v) is 4.68. The molecule has 0 aliphatic heterocycles. The molecule has 0 aromatic heterocycles. The first kappa shape index (κ1) is 11.9. The van der Waals surface area contributed by atoms with Crippen molar-refractivity contribution in [2.45, 2.75) is 45.1 Å². The molecule has 0 aromatic rings. The van der Waals surface area contributed by atoms with Crippen LogP contribution >= 0.6 is 0 Å². The van der Waals surface area contributed by atoms with Crippen LogP contribution in [0.25, 0.3) is 0 Å². The van der Waals surface area contributed by atoms with Gasteiger partial charge in [0.25, 0.3) is 0 Å². The molecule has 2 bridgehead atoms. The minimum Gasteiger partial charge on any atom is -0.394 e. The predicted molar refractivity (Wildman–Crippen MR) is 62.9 cm³/mol. The molecule has 2 aliphatic carbocycles. The van der Waals surface area contributed by atoms with Gasteiger partial charge in [0, 0.05) is 13.0 Å². The zero-order valence-corrected chi connectivity index (χ0v) is 10.6. The van der Waals surface area contributed by atoms with Gasteiger partial charge in [0.15, 0.2) is 0 Å². The van der Waals surface area contributed by atoms with Crippen molar-refractivity contribution in [3.8, 4) is 0 Å². The molecule has 0 saturated heterocycles. The van der Waals surface area contributed by atoms with Gasteiger partial charge < -0.3 is 10.0 Å². The lowest BCUT2D eigenvalue weighted by atomic mass is 9.87. The Labute approximate surface area is 97.8 Å². The van der Waals surface area contributed by atoms with Crippen molar-refractivity contribution in [1.29, 1.82) is 0 Å². The summed E-state index contributed by atoms with van der Waals surface area (Å²) >= 11 is 0. The van der Waals surface area contributed by atoms with Gasteiger partial charge in [0.1, 0.15) is 0 Å². The Hall–Kier alpha value is -0.570. The van der Waals surface area contributed by atoms with Crippen molar-refractivity contribution in [1.82, 2.24) is 4.90 Å². The van der Waals surface area contributed by atoms with Crippen LogP contribution in [-0.4, -0.2) is 35.1 Å². The van der Waals surface area contributed by atoms with Gasteiger partial charge in [0.2, 0.25) is 5.91 Å². The first-order valence-electron chi connectivity index (χ1n) is 6.34. The molecule has 3 atom stereocenters. The van der Waals surface area contributed by atoms with Gasteiger partial charge in [-0.15, -0.1) is 0 Å². The summed E-state index contributed by atoms with van der Waals surface area (Å²) in [5, 5.41) is 9.29. The maximum atomic E-state index is 12.4. The minimum atomic E-state index is -0.432. The highest BCUT2D eigenvalue weighted by molar-refractivity contribution is 5.80. The molecule has 92 valence electrons. The van der Waals surface area contributed by atoms with E-state index in [0.29, 0.717) is 5.92 Å². The third-order valence-electron chi connectivity index (χ3n) is 4.68. The molecular formula is C13H23NO2. The molecule has 2 saturated carbocycles. The fourth-order valence-electron chi connectivity index (χ4n) is 3.20. The van der Waals surface area contributed by atoms with Crippen molar-refractivity contribution < 1.29 is 9.90 Å². The van der Waals surface area contributed by atoms with Gasteiger partial charge >= 0.3 is 0 Å². The maximum Gasteiger partial charge on any atom is 0.226 e. The number of aliphatic hydroxyl groups excluding tert-OH is 1. The molecule has 0 heterocycles. The number of carbonyl (C=O) groups excluding carboxylic acids is 1. The van der Waals surface area contributed by atoms with Crippen LogP contribution in [0, 0.1) is 17.8 Å². The molecule has 3 heteroatoms. The summed E-state index contributed by atoms with van der Waals surface area (Å²) in [7, 11) is 1.82. The number of nitrogens with zero attached hydrogens (tertiary/aromatic N) is 1. The molecule has 0 spiro atoms. The fraction of sp³-hybridized carbons (Fsp3) is 0.923. The molecule has 1 N–H and O–H groups in total. The van der Waals surface area contributed by atoms with Crippen LogP contribution in [0.2, 0.25) is 0 Å². The highest BCUT2D eigenvalue weighted by Gasteiger charge is 2.45.